The Labute approximate surface area is 227 Å². The highest BCUT2D eigenvalue weighted by molar-refractivity contribution is 7.17. The van der Waals surface area contributed by atoms with Crippen LogP contribution in [-0.2, 0) is 4.79 Å². The van der Waals surface area contributed by atoms with Gasteiger partial charge >= 0.3 is 0 Å². The molecule has 39 heavy (non-hydrogen) atoms. The third-order valence-corrected chi connectivity index (χ3v) is 7.61. The fourth-order valence-corrected chi connectivity index (χ4v) is 5.20. The SMILES string of the molecule is CC(=O)c1ccc(-c2ccnc3[nH]c(-c4n[nH]c5ccc(-c6cncc(NC(=O)C(C)(C)C)c6)nc45)cc23)s1. The lowest BCUT2D eigenvalue weighted by Crippen LogP contribution is -2.27. The first-order valence-corrected chi connectivity index (χ1v) is 13.2. The highest BCUT2D eigenvalue weighted by Crippen LogP contribution is 2.36. The molecule has 9 nitrogen and oxygen atoms in total. The monoisotopic (exact) mass is 535 g/mol. The molecule has 6 aromatic rings. The molecule has 0 bridgehead atoms. The predicted molar refractivity (Wildman–Crippen MR) is 154 cm³/mol. The number of carbonyl (C=O) groups is 2. The van der Waals surface area contributed by atoms with Crippen molar-refractivity contribution >= 4 is 50.8 Å². The van der Waals surface area contributed by atoms with Gasteiger partial charge in [-0.25, -0.2) is 9.97 Å². The quantitative estimate of drug-likeness (QED) is 0.217. The first-order valence-electron chi connectivity index (χ1n) is 12.4. The smallest absolute Gasteiger partial charge is 0.229 e. The average molecular weight is 536 g/mol. The summed E-state index contributed by atoms with van der Waals surface area (Å²) in [4.78, 5) is 43.1. The van der Waals surface area contributed by atoms with E-state index in [1.165, 1.54) is 11.3 Å². The van der Waals surface area contributed by atoms with E-state index in [2.05, 4.69) is 30.5 Å². The number of fused-ring (bicyclic) bond motifs is 2. The van der Waals surface area contributed by atoms with E-state index in [4.69, 9.17) is 4.98 Å². The maximum Gasteiger partial charge on any atom is 0.229 e. The van der Waals surface area contributed by atoms with Gasteiger partial charge in [0, 0.05) is 39.2 Å². The van der Waals surface area contributed by atoms with Crippen molar-refractivity contribution in [1.82, 2.24) is 30.1 Å². The van der Waals surface area contributed by atoms with Crippen molar-refractivity contribution in [2.24, 2.45) is 5.41 Å². The van der Waals surface area contributed by atoms with Crippen LogP contribution in [0.5, 0.6) is 0 Å². The van der Waals surface area contributed by atoms with Crippen LogP contribution in [0.25, 0.3) is 55.2 Å². The molecular weight excluding hydrogens is 510 g/mol. The molecule has 1 amide bonds. The first kappa shape index (κ1) is 24.6. The van der Waals surface area contributed by atoms with Crippen LogP contribution in [0.4, 0.5) is 5.69 Å². The van der Waals surface area contributed by atoms with Gasteiger partial charge in [-0.2, -0.15) is 5.10 Å². The molecule has 0 saturated carbocycles. The number of hydrogen-bond donors (Lipinski definition) is 3. The molecule has 194 valence electrons. The Morgan fingerprint density at radius 3 is 2.64 bits per heavy atom. The molecular formula is C29H25N7O2S. The molecule has 0 spiro atoms. The van der Waals surface area contributed by atoms with E-state index in [9.17, 15) is 9.59 Å². The number of carbonyl (C=O) groups excluding carboxylic acids is 2. The summed E-state index contributed by atoms with van der Waals surface area (Å²) in [6.07, 6.45) is 5.09. The van der Waals surface area contributed by atoms with Gasteiger partial charge < -0.3 is 10.3 Å². The zero-order valence-corrected chi connectivity index (χ0v) is 22.6. The zero-order valence-electron chi connectivity index (χ0n) is 21.8. The molecule has 0 radical (unpaired) electrons. The first-order chi connectivity index (χ1) is 18.7. The maximum atomic E-state index is 12.5. The van der Waals surface area contributed by atoms with Crippen molar-refractivity contribution in [2.45, 2.75) is 27.7 Å². The Hall–Kier alpha value is -4.70. The third kappa shape index (κ3) is 4.59. The van der Waals surface area contributed by atoms with Gasteiger partial charge in [0.05, 0.1) is 33.7 Å². The molecule has 3 N–H and O–H groups in total. The number of rotatable bonds is 5. The molecule has 0 fully saturated rings. The summed E-state index contributed by atoms with van der Waals surface area (Å²) in [5.41, 5.74) is 6.20. The van der Waals surface area contributed by atoms with Crippen LogP contribution in [0, 0.1) is 5.41 Å². The Kier molecular flexibility index (Phi) is 5.84. The van der Waals surface area contributed by atoms with Crippen molar-refractivity contribution < 1.29 is 9.59 Å². The number of Topliss-reactive ketones (excluding diaryl/α,β-unsaturated/α-hetero) is 1. The fraction of sp³-hybridized carbons (Fsp3) is 0.172. The van der Waals surface area contributed by atoms with Crippen molar-refractivity contribution in [2.75, 3.05) is 5.32 Å². The van der Waals surface area contributed by atoms with Crippen LogP contribution >= 0.6 is 11.3 Å². The second kappa shape index (κ2) is 9.25. The maximum absolute atomic E-state index is 12.5. The second-order valence-electron chi connectivity index (χ2n) is 10.4. The Balaban J connectivity index is 1.39. The lowest BCUT2D eigenvalue weighted by Gasteiger charge is -2.17. The number of nitrogens with one attached hydrogen (secondary N) is 3. The van der Waals surface area contributed by atoms with Gasteiger partial charge in [-0.15, -0.1) is 11.3 Å². The summed E-state index contributed by atoms with van der Waals surface area (Å²) in [6.45, 7) is 7.16. The number of thiophene rings is 1. The minimum absolute atomic E-state index is 0.0495. The third-order valence-electron chi connectivity index (χ3n) is 6.39. The summed E-state index contributed by atoms with van der Waals surface area (Å²) >= 11 is 1.47. The van der Waals surface area contributed by atoms with Crippen LogP contribution < -0.4 is 5.32 Å². The zero-order chi connectivity index (χ0) is 27.3. The standard InChI is InChI=1S/C29H25N7O2S/c1-15(37)23-7-8-24(39-23)18-9-10-31-27-19(18)12-22(34-27)26-25-21(35-36-26)6-5-20(33-25)16-11-17(14-30-13-16)32-28(38)29(2,3)4/h5-14H,1-4H3,(H,31,34)(H,32,38)(H,35,36). The number of amides is 1. The Morgan fingerprint density at radius 2 is 1.87 bits per heavy atom. The van der Waals surface area contributed by atoms with E-state index in [-0.39, 0.29) is 11.7 Å². The van der Waals surface area contributed by atoms with Crippen molar-refractivity contribution in [3.05, 3.63) is 65.9 Å². The summed E-state index contributed by atoms with van der Waals surface area (Å²) in [6, 6.07) is 13.5. The molecule has 10 heteroatoms. The Bertz CT molecular complexity index is 1890. The minimum Gasteiger partial charge on any atom is -0.338 e. The van der Waals surface area contributed by atoms with Crippen LogP contribution in [0.15, 0.2) is 61.1 Å². The van der Waals surface area contributed by atoms with E-state index >= 15 is 0 Å². The van der Waals surface area contributed by atoms with Crippen LogP contribution in [0.1, 0.15) is 37.4 Å². The molecule has 6 rings (SSSR count). The predicted octanol–water partition coefficient (Wildman–Crippen LogP) is 6.48. The summed E-state index contributed by atoms with van der Waals surface area (Å²) in [5, 5.41) is 11.5. The number of nitrogens with zero attached hydrogens (tertiary/aromatic N) is 4. The largest absolute Gasteiger partial charge is 0.338 e. The lowest BCUT2D eigenvalue weighted by molar-refractivity contribution is -0.123. The number of pyridine rings is 3. The van der Waals surface area contributed by atoms with Gasteiger partial charge in [0.1, 0.15) is 16.9 Å². The molecule has 0 unspecified atom stereocenters. The molecule has 6 aromatic heterocycles. The van der Waals surface area contributed by atoms with E-state index in [1.807, 2.05) is 63.2 Å². The normalized spacial score (nSPS) is 11.8. The molecule has 0 atom stereocenters. The van der Waals surface area contributed by atoms with Gasteiger partial charge in [0.15, 0.2) is 5.78 Å². The number of hydrogen-bond acceptors (Lipinski definition) is 7. The van der Waals surface area contributed by atoms with Gasteiger partial charge in [-0.05, 0) is 49.4 Å². The highest BCUT2D eigenvalue weighted by Gasteiger charge is 2.22. The van der Waals surface area contributed by atoms with Gasteiger partial charge in [0.2, 0.25) is 5.91 Å². The molecule has 0 aliphatic heterocycles. The number of aromatic amines is 2. The van der Waals surface area contributed by atoms with E-state index in [0.717, 1.165) is 43.1 Å². The second-order valence-corrected chi connectivity index (χ2v) is 11.4. The van der Waals surface area contributed by atoms with Crippen LogP contribution in [0.3, 0.4) is 0 Å². The summed E-state index contributed by atoms with van der Waals surface area (Å²) in [7, 11) is 0. The molecule has 0 aromatic carbocycles. The van der Waals surface area contributed by atoms with Crippen LogP contribution in [-0.4, -0.2) is 41.8 Å². The highest BCUT2D eigenvalue weighted by atomic mass is 32.1. The van der Waals surface area contributed by atoms with Crippen molar-refractivity contribution in [3.8, 4) is 33.1 Å². The molecule has 0 aliphatic rings. The van der Waals surface area contributed by atoms with E-state index in [0.29, 0.717) is 22.6 Å². The van der Waals surface area contributed by atoms with Crippen LogP contribution in [0.2, 0.25) is 0 Å². The van der Waals surface area contributed by atoms with Gasteiger partial charge in [-0.3, -0.25) is 19.7 Å². The number of aromatic nitrogens is 6. The number of ketones is 1. The minimum atomic E-state index is -0.521. The number of H-pyrrole nitrogens is 2. The molecule has 0 aliphatic carbocycles. The summed E-state index contributed by atoms with van der Waals surface area (Å²) < 4.78 is 0. The number of anilines is 1. The van der Waals surface area contributed by atoms with E-state index in [1.54, 1.807) is 25.5 Å². The topological polar surface area (TPSA) is 129 Å². The van der Waals surface area contributed by atoms with Crippen molar-refractivity contribution in [1.29, 1.82) is 0 Å². The van der Waals surface area contributed by atoms with E-state index < -0.39 is 5.41 Å². The fourth-order valence-electron chi connectivity index (χ4n) is 4.26. The van der Waals surface area contributed by atoms with Crippen molar-refractivity contribution in [3.63, 3.8) is 0 Å². The Morgan fingerprint density at radius 1 is 1.03 bits per heavy atom. The average Bonchev–Trinajstić information content (AvgIpc) is 3.65. The summed E-state index contributed by atoms with van der Waals surface area (Å²) in [5.74, 6) is -0.0395. The van der Waals surface area contributed by atoms with Gasteiger partial charge in [0.25, 0.3) is 0 Å². The lowest BCUT2D eigenvalue weighted by atomic mass is 9.95. The molecule has 0 saturated heterocycles. The molecule has 6 heterocycles. The van der Waals surface area contributed by atoms with Gasteiger partial charge in [-0.1, -0.05) is 20.8 Å².